The summed E-state index contributed by atoms with van der Waals surface area (Å²) in [4.78, 5) is 9.02. The molecular weight excluding hydrogens is 817 g/mol. The molecule has 1 aliphatic rings. The molecule has 5 heteroatoms. The summed E-state index contributed by atoms with van der Waals surface area (Å²) in [5.41, 5.74) is 9.31. The molecule has 52 heavy (non-hydrogen) atoms. The summed E-state index contributed by atoms with van der Waals surface area (Å²) >= 11 is 0. The van der Waals surface area contributed by atoms with Crippen LogP contribution in [0.25, 0.3) is 54.7 Å². The number of aliphatic hydroxyl groups excluding tert-OH is 1. The molecule has 2 heterocycles. The number of furan rings is 1. The Bertz CT molecular complexity index is 2330. The summed E-state index contributed by atoms with van der Waals surface area (Å²) in [6.07, 6.45) is 6.03. The van der Waals surface area contributed by atoms with E-state index in [-0.39, 0.29) is 42.3 Å². The number of nitrogens with zero attached hydrogens (tertiary/aromatic N) is 2. The molecule has 4 aromatic carbocycles. The Morgan fingerprint density at radius 3 is 2.21 bits per heavy atom. The first-order valence-corrected chi connectivity index (χ1v) is 18.5. The smallest absolute Gasteiger partial charge is 0.139 e. The van der Waals surface area contributed by atoms with Crippen molar-refractivity contribution in [2.75, 3.05) is 7.05 Å². The third kappa shape index (κ3) is 7.37. The maximum Gasteiger partial charge on any atom is 0.139 e. The van der Waals surface area contributed by atoms with Gasteiger partial charge in [-0.3, -0.25) is 9.98 Å². The van der Waals surface area contributed by atoms with Crippen LogP contribution in [0.4, 0.5) is 0 Å². The number of aromatic nitrogens is 1. The van der Waals surface area contributed by atoms with E-state index >= 15 is 0 Å². The molecule has 0 bridgehead atoms. The van der Waals surface area contributed by atoms with Crippen LogP contribution in [0, 0.1) is 17.9 Å². The molecule has 275 valence electrons. The van der Waals surface area contributed by atoms with Gasteiger partial charge >= 0.3 is 0 Å². The average Bonchev–Trinajstić information content (AvgIpc) is 3.44. The molecule has 1 radical (unpaired) electrons. The van der Waals surface area contributed by atoms with E-state index in [1.54, 1.807) is 13.1 Å². The van der Waals surface area contributed by atoms with Gasteiger partial charge in [-0.05, 0) is 75.6 Å². The van der Waals surface area contributed by atoms with E-state index in [9.17, 15) is 5.11 Å². The van der Waals surface area contributed by atoms with Gasteiger partial charge in [0.1, 0.15) is 11.2 Å². The number of fused-ring (bicyclic) bond motifs is 7. The fourth-order valence-corrected chi connectivity index (χ4v) is 7.63. The fraction of sp³-hybridized carbons (Fsp3) is 0.404. The Balaban J connectivity index is 0.000000349. The normalized spacial score (nSPS) is 16.0. The van der Waals surface area contributed by atoms with Gasteiger partial charge in [-0.2, -0.15) is 0 Å². The number of aliphatic imine (C=N–C) groups is 1. The van der Waals surface area contributed by atoms with Gasteiger partial charge in [-0.15, -0.1) is 29.1 Å². The van der Waals surface area contributed by atoms with E-state index < -0.39 is 0 Å². The zero-order valence-corrected chi connectivity index (χ0v) is 35.5. The number of hydrogen-bond donors (Lipinski definition) is 1. The summed E-state index contributed by atoms with van der Waals surface area (Å²) in [6.45, 7) is 24.3. The predicted octanol–water partition coefficient (Wildman–Crippen LogP) is 13.2. The van der Waals surface area contributed by atoms with Crippen LogP contribution in [0.1, 0.15) is 106 Å². The quantitative estimate of drug-likeness (QED) is 0.109. The van der Waals surface area contributed by atoms with Gasteiger partial charge in [-0.1, -0.05) is 117 Å². The SMILES string of the molecule is CC(C)(C)c1cc(-c2nccc3cc4oc5c6c(ccc5c4cc23)C(C)(C)CCC6(C)C)[c-]c2ccccc12.CN=C(/C=C(\O)C(C)C)C(C)C.[Ir]. The van der Waals surface area contributed by atoms with E-state index in [1.165, 1.54) is 33.9 Å². The van der Waals surface area contributed by atoms with E-state index in [0.29, 0.717) is 11.7 Å². The topological polar surface area (TPSA) is 58.6 Å². The second kappa shape index (κ2) is 14.6. The molecule has 1 aliphatic carbocycles. The minimum Gasteiger partial charge on any atom is -0.512 e. The molecule has 0 spiro atoms. The van der Waals surface area contributed by atoms with Gasteiger partial charge < -0.3 is 9.52 Å². The van der Waals surface area contributed by atoms with Crippen LogP contribution in [0.3, 0.4) is 0 Å². The summed E-state index contributed by atoms with van der Waals surface area (Å²) in [6, 6.07) is 25.8. The molecule has 0 unspecified atom stereocenters. The third-order valence-electron chi connectivity index (χ3n) is 10.9. The maximum absolute atomic E-state index is 9.46. The molecule has 7 rings (SSSR count). The first-order valence-electron chi connectivity index (χ1n) is 18.5. The molecule has 2 aromatic heterocycles. The predicted molar refractivity (Wildman–Crippen MR) is 219 cm³/mol. The van der Waals surface area contributed by atoms with Crippen LogP contribution in [-0.4, -0.2) is 22.8 Å². The van der Waals surface area contributed by atoms with Gasteiger partial charge in [0.25, 0.3) is 0 Å². The first-order chi connectivity index (χ1) is 23.9. The molecule has 0 atom stereocenters. The minimum atomic E-state index is 0. The standard InChI is InChI=1S/C37H36NO.C10H19NO.Ir/c1-35(2,3)30-19-24(18-22-10-8-9-11-25(22)30)33-27-21-28-26-12-13-29-32(37(6,7)16-15-36(29,4)5)34(26)39-31(28)20-23(27)14-17-38-33;1-7(2)9(11-5)6-10(12)8(3)4;/h8-14,17,19-21H,15-16H2,1-7H3;6-8,12H,1-5H3;/q-1;;/b;10-6-,11-9?;. The van der Waals surface area contributed by atoms with Crippen LogP contribution < -0.4 is 0 Å². The van der Waals surface area contributed by atoms with E-state index in [2.05, 4.69) is 134 Å². The monoisotopic (exact) mass is 872 g/mol. The number of allylic oxidation sites excluding steroid dienone is 2. The average molecular weight is 872 g/mol. The Morgan fingerprint density at radius 2 is 1.56 bits per heavy atom. The van der Waals surface area contributed by atoms with E-state index in [4.69, 9.17) is 9.40 Å². The van der Waals surface area contributed by atoms with Crippen molar-refractivity contribution in [1.82, 2.24) is 4.98 Å². The second-order valence-corrected chi connectivity index (χ2v) is 17.4. The number of aliphatic hydroxyl groups is 1. The molecule has 4 nitrogen and oxygen atoms in total. The molecule has 0 fully saturated rings. The van der Waals surface area contributed by atoms with Gasteiger partial charge in [-0.25, -0.2) is 0 Å². The zero-order valence-electron chi connectivity index (χ0n) is 33.1. The van der Waals surface area contributed by atoms with E-state index in [0.717, 1.165) is 56.1 Å². The van der Waals surface area contributed by atoms with Gasteiger partial charge in [0, 0.05) is 67.0 Å². The minimum absolute atomic E-state index is 0. The third-order valence-corrected chi connectivity index (χ3v) is 10.9. The number of rotatable bonds is 4. The van der Waals surface area contributed by atoms with Crippen molar-refractivity contribution < 1.29 is 29.6 Å². The fourth-order valence-electron chi connectivity index (χ4n) is 7.63. The molecule has 1 N–H and O–H groups in total. The second-order valence-electron chi connectivity index (χ2n) is 17.4. The van der Waals surface area contributed by atoms with Crippen molar-refractivity contribution in [3.63, 3.8) is 0 Å². The molecule has 6 aromatic rings. The van der Waals surface area contributed by atoms with Crippen molar-refractivity contribution in [3.05, 3.63) is 101 Å². The van der Waals surface area contributed by atoms with Crippen LogP contribution in [0.2, 0.25) is 0 Å². The molecule has 0 amide bonds. The Kier molecular flexibility index (Phi) is 11.0. The van der Waals surface area contributed by atoms with Crippen molar-refractivity contribution in [2.24, 2.45) is 16.8 Å². The van der Waals surface area contributed by atoms with E-state index in [1.807, 2.05) is 20.0 Å². The van der Waals surface area contributed by atoms with Gasteiger partial charge in [0.05, 0.1) is 5.76 Å². The maximum atomic E-state index is 9.46. The van der Waals surface area contributed by atoms with Gasteiger partial charge in [0.15, 0.2) is 0 Å². The summed E-state index contributed by atoms with van der Waals surface area (Å²) in [5, 5.41) is 16.5. The number of benzene rings is 4. The first kappa shape index (κ1) is 39.4. The summed E-state index contributed by atoms with van der Waals surface area (Å²) in [7, 11) is 1.75. The largest absolute Gasteiger partial charge is 0.512 e. The summed E-state index contributed by atoms with van der Waals surface area (Å²) < 4.78 is 6.73. The molecule has 0 aliphatic heterocycles. The Morgan fingerprint density at radius 1 is 0.865 bits per heavy atom. The van der Waals surface area contributed by atoms with Crippen LogP contribution >= 0.6 is 0 Å². The van der Waals surface area contributed by atoms with Crippen LogP contribution in [0.15, 0.2) is 88.1 Å². The van der Waals surface area contributed by atoms with Crippen LogP contribution in [-0.2, 0) is 36.4 Å². The molecule has 0 saturated carbocycles. The molecule has 0 saturated heterocycles. The van der Waals surface area contributed by atoms with Crippen molar-refractivity contribution in [1.29, 1.82) is 0 Å². The van der Waals surface area contributed by atoms with Crippen molar-refractivity contribution >= 4 is 49.2 Å². The van der Waals surface area contributed by atoms with Gasteiger partial charge in [0.2, 0.25) is 0 Å². The van der Waals surface area contributed by atoms with Crippen molar-refractivity contribution in [2.45, 2.75) is 105 Å². The zero-order chi connectivity index (χ0) is 37.0. The number of hydrogen-bond acceptors (Lipinski definition) is 4. The number of pyridine rings is 1. The molecular formula is C47H55IrN2O2-. The Hall–Kier alpha value is -3.79. The van der Waals surface area contributed by atoms with Crippen LogP contribution in [0.5, 0.6) is 0 Å². The summed E-state index contributed by atoms with van der Waals surface area (Å²) in [5.74, 6) is 0.959. The Labute approximate surface area is 324 Å². The van der Waals surface area contributed by atoms with Crippen molar-refractivity contribution in [3.8, 4) is 11.3 Å².